The highest BCUT2D eigenvalue weighted by Crippen LogP contribution is 2.43. The number of esters is 1. The highest BCUT2D eigenvalue weighted by atomic mass is 16.6. The van der Waals surface area contributed by atoms with Crippen LogP contribution in [0.1, 0.15) is 85.6 Å². The zero-order valence-corrected chi connectivity index (χ0v) is 20.2. The predicted molar refractivity (Wildman–Crippen MR) is 128 cm³/mol. The summed E-state index contributed by atoms with van der Waals surface area (Å²) in [4.78, 5) is 25.8. The van der Waals surface area contributed by atoms with E-state index in [-0.39, 0.29) is 29.1 Å². The minimum absolute atomic E-state index is 0.160. The third kappa shape index (κ3) is 9.26. The zero-order chi connectivity index (χ0) is 23.5. The van der Waals surface area contributed by atoms with Gasteiger partial charge in [0.2, 0.25) is 5.91 Å². The average molecular weight is 431 g/mol. The number of allylic oxidation sites excluding steroid dienone is 1. The van der Waals surface area contributed by atoms with Crippen LogP contribution in [0.5, 0.6) is 0 Å². The van der Waals surface area contributed by atoms with Gasteiger partial charge in [-0.3, -0.25) is 15.0 Å². The molecule has 0 saturated heterocycles. The SMILES string of the molecule is CCCC(C[C@](C)(CCC)[C@H](C/C=C/c1ccccc1)C(=O)OC(C)(C)C)C(=O)NN. The van der Waals surface area contributed by atoms with E-state index in [9.17, 15) is 9.59 Å². The van der Waals surface area contributed by atoms with Crippen molar-refractivity contribution in [2.45, 2.75) is 85.7 Å². The summed E-state index contributed by atoms with van der Waals surface area (Å²) in [6, 6.07) is 10.0. The van der Waals surface area contributed by atoms with Crippen molar-refractivity contribution in [3.8, 4) is 0 Å². The molecular formula is C26H42N2O3. The van der Waals surface area contributed by atoms with E-state index in [4.69, 9.17) is 10.6 Å². The molecule has 5 heteroatoms. The summed E-state index contributed by atoms with van der Waals surface area (Å²) in [5.41, 5.74) is 2.46. The smallest absolute Gasteiger partial charge is 0.310 e. The standard InChI is InChI=1S/C26H42N2O3/c1-7-13-21(23(29)28-27)19-26(6,18-8-2)22(24(30)31-25(3,4)5)17-12-16-20-14-10-9-11-15-20/h9-12,14-16,21-22H,7-8,13,17-19,27H2,1-6H3,(H,28,29)/b16-12+/t21?,22-,26+/m1/s1. The normalized spacial score (nSPS) is 15.8. The Labute approximate surface area is 188 Å². The summed E-state index contributed by atoms with van der Waals surface area (Å²) in [6.07, 6.45) is 8.61. The van der Waals surface area contributed by atoms with Crippen LogP contribution in [-0.4, -0.2) is 17.5 Å². The van der Waals surface area contributed by atoms with Crippen molar-refractivity contribution in [3.05, 3.63) is 42.0 Å². The first-order valence-electron chi connectivity index (χ1n) is 11.5. The molecule has 0 saturated carbocycles. The fourth-order valence-electron chi connectivity index (χ4n) is 4.29. The van der Waals surface area contributed by atoms with Crippen molar-refractivity contribution >= 4 is 18.0 Å². The minimum Gasteiger partial charge on any atom is -0.460 e. The van der Waals surface area contributed by atoms with Gasteiger partial charge in [0, 0.05) is 5.92 Å². The second-order valence-corrected chi connectivity index (χ2v) is 9.74. The van der Waals surface area contributed by atoms with E-state index >= 15 is 0 Å². The van der Waals surface area contributed by atoms with Crippen molar-refractivity contribution in [3.63, 3.8) is 0 Å². The Balaban J connectivity index is 3.24. The van der Waals surface area contributed by atoms with Crippen molar-refractivity contribution in [2.75, 3.05) is 0 Å². The van der Waals surface area contributed by atoms with Gasteiger partial charge in [-0.1, -0.05) is 76.1 Å². The van der Waals surface area contributed by atoms with E-state index < -0.39 is 5.60 Å². The number of nitrogens with one attached hydrogen (secondary N) is 1. The average Bonchev–Trinajstić information content (AvgIpc) is 2.69. The lowest BCUT2D eigenvalue weighted by Crippen LogP contribution is -2.43. The van der Waals surface area contributed by atoms with Gasteiger partial charge in [-0.2, -0.15) is 0 Å². The maximum absolute atomic E-state index is 13.3. The number of rotatable bonds is 12. The van der Waals surface area contributed by atoms with Crippen LogP contribution in [0, 0.1) is 17.3 Å². The molecule has 0 aliphatic rings. The van der Waals surface area contributed by atoms with Gasteiger partial charge in [-0.05, 0) is 57.4 Å². The second kappa shape index (κ2) is 12.7. The molecule has 3 N–H and O–H groups in total. The molecule has 3 atom stereocenters. The van der Waals surface area contributed by atoms with Crippen LogP contribution in [0.3, 0.4) is 0 Å². The summed E-state index contributed by atoms with van der Waals surface area (Å²) in [7, 11) is 0. The highest BCUT2D eigenvalue weighted by molar-refractivity contribution is 5.78. The van der Waals surface area contributed by atoms with Gasteiger partial charge in [-0.25, -0.2) is 5.84 Å². The molecule has 174 valence electrons. The van der Waals surface area contributed by atoms with Gasteiger partial charge < -0.3 is 4.74 Å². The number of benzene rings is 1. The summed E-state index contributed by atoms with van der Waals surface area (Å²) < 4.78 is 5.83. The Hall–Kier alpha value is -2.14. The molecule has 0 fully saturated rings. The largest absolute Gasteiger partial charge is 0.460 e. The quantitative estimate of drug-likeness (QED) is 0.194. The van der Waals surface area contributed by atoms with E-state index in [1.165, 1.54) is 0 Å². The van der Waals surface area contributed by atoms with E-state index in [0.29, 0.717) is 12.8 Å². The Morgan fingerprint density at radius 3 is 2.26 bits per heavy atom. The Kier molecular flexibility index (Phi) is 11.0. The predicted octanol–water partition coefficient (Wildman–Crippen LogP) is 5.65. The zero-order valence-electron chi connectivity index (χ0n) is 20.2. The van der Waals surface area contributed by atoms with Crippen LogP contribution in [-0.2, 0) is 14.3 Å². The molecule has 0 aliphatic heterocycles. The Bertz CT molecular complexity index is 709. The number of nitrogens with two attached hydrogens (primary N) is 1. The van der Waals surface area contributed by atoms with Gasteiger partial charge in [0.1, 0.15) is 5.60 Å². The van der Waals surface area contributed by atoms with E-state index in [1.807, 2.05) is 57.2 Å². The molecule has 0 heterocycles. The summed E-state index contributed by atoms with van der Waals surface area (Å²) in [5, 5.41) is 0. The lowest BCUT2D eigenvalue weighted by molar-refractivity contribution is -0.166. The molecular weight excluding hydrogens is 388 g/mol. The van der Waals surface area contributed by atoms with Gasteiger partial charge in [-0.15, -0.1) is 0 Å². The molecule has 5 nitrogen and oxygen atoms in total. The van der Waals surface area contributed by atoms with Crippen molar-refractivity contribution in [1.82, 2.24) is 5.43 Å². The molecule has 1 unspecified atom stereocenters. The maximum atomic E-state index is 13.3. The van der Waals surface area contributed by atoms with Crippen LogP contribution in [0.4, 0.5) is 0 Å². The molecule has 1 amide bonds. The van der Waals surface area contributed by atoms with Crippen molar-refractivity contribution in [2.24, 2.45) is 23.1 Å². The number of carbonyl (C=O) groups is 2. The topological polar surface area (TPSA) is 81.4 Å². The summed E-state index contributed by atoms with van der Waals surface area (Å²) >= 11 is 0. The third-order valence-corrected chi connectivity index (χ3v) is 5.70. The number of amides is 1. The third-order valence-electron chi connectivity index (χ3n) is 5.70. The maximum Gasteiger partial charge on any atom is 0.310 e. The first-order chi connectivity index (χ1) is 14.6. The minimum atomic E-state index is -0.566. The molecule has 0 bridgehead atoms. The molecule has 0 aromatic heterocycles. The number of hydrazine groups is 1. The van der Waals surface area contributed by atoms with Gasteiger partial charge in [0.05, 0.1) is 5.92 Å². The van der Waals surface area contributed by atoms with E-state index in [0.717, 1.165) is 31.2 Å². The molecule has 0 spiro atoms. The molecule has 31 heavy (non-hydrogen) atoms. The number of hydrogen-bond donors (Lipinski definition) is 2. The summed E-state index contributed by atoms with van der Waals surface area (Å²) in [5.74, 6) is 4.52. The molecule has 1 aromatic rings. The molecule has 1 aromatic carbocycles. The number of ether oxygens (including phenoxy) is 1. The lowest BCUT2D eigenvalue weighted by atomic mass is 9.66. The molecule has 1 rings (SSSR count). The number of hydrogen-bond acceptors (Lipinski definition) is 4. The first-order valence-corrected chi connectivity index (χ1v) is 11.5. The fraction of sp³-hybridized carbons (Fsp3) is 0.615. The fourth-order valence-corrected chi connectivity index (χ4v) is 4.29. The number of carbonyl (C=O) groups excluding carboxylic acids is 2. The van der Waals surface area contributed by atoms with Crippen LogP contribution < -0.4 is 11.3 Å². The second-order valence-electron chi connectivity index (χ2n) is 9.74. The van der Waals surface area contributed by atoms with Crippen LogP contribution >= 0.6 is 0 Å². The van der Waals surface area contributed by atoms with Crippen molar-refractivity contribution in [1.29, 1.82) is 0 Å². The van der Waals surface area contributed by atoms with Crippen molar-refractivity contribution < 1.29 is 14.3 Å². The molecule has 0 aliphatic carbocycles. The van der Waals surface area contributed by atoms with Gasteiger partial charge in [0.25, 0.3) is 0 Å². The first kappa shape index (κ1) is 26.9. The van der Waals surface area contributed by atoms with Crippen LogP contribution in [0.2, 0.25) is 0 Å². The van der Waals surface area contributed by atoms with E-state index in [2.05, 4.69) is 32.3 Å². The lowest BCUT2D eigenvalue weighted by Gasteiger charge is -2.39. The summed E-state index contributed by atoms with van der Waals surface area (Å²) in [6.45, 7) is 12.0. The van der Waals surface area contributed by atoms with Crippen LogP contribution in [0.25, 0.3) is 6.08 Å². The Morgan fingerprint density at radius 1 is 1.10 bits per heavy atom. The van der Waals surface area contributed by atoms with E-state index in [1.54, 1.807) is 0 Å². The molecule has 0 radical (unpaired) electrons. The van der Waals surface area contributed by atoms with Gasteiger partial charge >= 0.3 is 5.97 Å². The highest BCUT2D eigenvalue weighted by Gasteiger charge is 2.42. The monoisotopic (exact) mass is 430 g/mol. The Morgan fingerprint density at radius 2 is 1.74 bits per heavy atom. The van der Waals surface area contributed by atoms with Gasteiger partial charge in [0.15, 0.2) is 0 Å². The van der Waals surface area contributed by atoms with Crippen LogP contribution in [0.15, 0.2) is 36.4 Å².